The Bertz CT molecular complexity index is 596. The third kappa shape index (κ3) is 3.71. The van der Waals surface area contributed by atoms with Gasteiger partial charge in [0, 0.05) is 9.90 Å². The van der Waals surface area contributed by atoms with Crippen LogP contribution in [0.5, 0.6) is 0 Å². The van der Waals surface area contributed by atoms with Gasteiger partial charge in [-0.1, -0.05) is 30.7 Å². The van der Waals surface area contributed by atoms with Gasteiger partial charge in [-0.3, -0.25) is 5.32 Å². The molecule has 0 radical (unpaired) electrons. The zero-order valence-corrected chi connectivity index (χ0v) is 12.8. The topological polar surface area (TPSA) is 51.2 Å². The van der Waals surface area contributed by atoms with Crippen LogP contribution in [0.3, 0.4) is 0 Å². The van der Waals surface area contributed by atoms with E-state index in [1.807, 2.05) is 26.0 Å². The van der Waals surface area contributed by atoms with Crippen LogP contribution in [0.2, 0.25) is 5.02 Å². The molecule has 1 amide bonds. The first-order chi connectivity index (χ1) is 9.60. The van der Waals surface area contributed by atoms with E-state index >= 15 is 0 Å². The van der Waals surface area contributed by atoms with E-state index in [9.17, 15) is 4.79 Å². The van der Waals surface area contributed by atoms with E-state index in [4.69, 9.17) is 16.3 Å². The molecule has 106 valence electrons. The number of aryl methyl sites for hydroxylation is 2. The number of amides is 1. The van der Waals surface area contributed by atoms with Crippen molar-refractivity contribution in [1.29, 1.82) is 0 Å². The number of halogens is 1. The minimum absolute atomic E-state index is 0.209. The molecule has 0 aliphatic rings. The zero-order chi connectivity index (χ0) is 14.5. The summed E-state index contributed by atoms with van der Waals surface area (Å²) in [7, 11) is 0. The van der Waals surface area contributed by atoms with Crippen LogP contribution in [-0.2, 0) is 17.8 Å². The van der Waals surface area contributed by atoms with Gasteiger partial charge < -0.3 is 4.74 Å². The average molecular weight is 311 g/mol. The lowest BCUT2D eigenvalue weighted by Crippen LogP contribution is -2.14. The monoisotopic (exact) mass is 310 g/mol. The Morgan fingerprint density at radius 3 is 2.75 bits per heavy atom. The maximum Gasteiger partial charge on any atom is 0.412 e. The minimum atomic E-state index is -0.474. The molecule has 0 saturated heterocycles. The van der Waals surface area contributed by atoms with Gasteiger partial charge in [0.2, 0.25) is 0 Å². The molecule has 20 heavy (non-hydrogen) atoms. The molecule has 1 N–H and O–H groups in total. The SMILES string of the molecule is CCc1snc(C)c1NC(=O)OCc1ccc(Cl)cc1. The first-order valence-corrected chi connectivity index (χ1v) is 7.38. The molecule has 1 aromatic heterocycles. The number of hydrogen-bond acceptors (Lipinski definition) is 4. The fourth-order valence-electron chi connectivity index (χ4n) is 1.69. The molecular formula is C14H15ClN2O2S. The Morgan fingerprint density at radius 1 is 1.40 bits per heavy atom. The number of nitrogens with zero attached hydrogens (tertiary/aromatic N) is 1. The lowest BCUT2D eigenvalue weighted by molar-refractivity contribution is 0.155. The predicted molar refractivity (Wildman–Crippen MR) is 81.5 cm³/mol. The summed E-state index contributed by atoms with van der Waals surface area (Å²) in [6, 6.07) is 7.18. The quantitative estimate of drug-likeness (QED) is 0.909. The van der Waals surface area contributed by atoms with Crippen molar-refractivity contribution in [2.45, 2.75) is 26.9 Å². The van der Waals surface area contributed by atoms with Gasteiger partial charge in [-0.2, -0.15) is 4.37 Å². The summed E-state index contributed by atoms with van der Waals surface area (Å²) in [6.07, 6.45) is 0.358. The summed E-state index contributed by atoms with van der Waals surface area (Å²) in [5.74, 6) is 0. The summed E-state index contributed by atoms with van der Waals surface area (Å²) in [5.41, 5.74) is 2.47. The lowest BCUT2D eigenvalue weighted by atomic mass is 10.2. The second-order valence-electron chi connectivity index (χ2n) is 4.25. The number of hydrogen-bond donors (Lipinski definition) is 1. The summed E-state index contributed by atoms with van der Waals surface area (Å²) < 4.78 is 9.40. The molecule has 1 heterocycles. The van der Waals surface area contributed by atoms with E-state index in [-0.39, 0.29) is 6.61 Å². The van der Waals surface area contributed by atoms with Gasteiger partial charge in [0.05, 0.1) is 11.4 Å². The smallest absolute Gasteiger partial charge is 0.412 e. The number of nitrogens with one attached hydrogen (secondary N) is 1. The first kappa shape index (κ1) is 14.8. The molecule has 6 heteroatoms. The van der Waals surface area contributed by atoms with Crippen molar-refractivity contribution >= 4 is 34.9 Å². The predicted octanol–water partition coefficient (Wildman–Crippen LogP) is 4.42. The number of rotatable bonds is 4. The maximum absolute atomic E-state index is 11.8. The van der Waals surface area contributed by atoms with Crippen LogP contribution in [0.15, 0.2) is 24.3 Å². The Hall–Kier alpha value is -1.59. The van der Waals surface area contributed by atoms with Crippen LogP contribution < -0.4 is 5.32 Å². The van der Waals surface area contributed by atoms with Crippen LogP contribution in [-0.4, -0.2) is 10.5 Å². The molecule has 0 atom stereocenters. The van der Waals surface area contributed by atoms with Gasteiger partial charge in [-0.05, 0) is 42.6 Å². The van der Waals surface area contributed by atoms with Crippen molar-refractivity contribution < 1.29 is 9.53 Å². The van der Waals surface area contributed by atoms with E-state index in [1.54, 1.807) is 12.1 Å². The fourth-order valence-corrected chi connectivity index (χ4v) is 2.57. The molecule has 0 bridgehead atoms. The van der Waals surface area contributed by atoms with Gasteiger partial charge in [0.25, 0.3) is 0 Å². The van der Waals surface area contributed by atoms with Crippen molar-refractivity contribution in [2.75, 3.05) is 5.32 Å². The molecule has 0 unspecified atom stereocenters. The van der Waals surface area contributed by atoms with E-state index in [0.29, 0.717) is 5.02 Å². The van der Waals surface area contributed by atoms with Crippen LogP contribution in [0.4, 0.5) is 10.5 Å². The molecular weight excluding hydrogens is 296 g/mol. The first-order valence-electron chi connectivity index (χ1n) is 6.23. The van der Waals surface area contributed by atoms with E-state index in [2.05, 4.69) is 9.69 Å². The number of carbonyl (C=O) groups excluding carboxylic acids is 1. The van der Waals surface area contributed by atoms with E-state index in [0.717, 1.165) is 28.2 Å². The number of ether oxygens (including phenoxy) is 1. The second kappa shape index (κ2) is 6.72. The second-order valence-corrected chi connectivity index (χ2v) is 5.54. The largest absolute Gasteiger partial charge is 0.444 e. The van der Waals surface area contributed by atoms with Crippen molar-refractivity contribution in [3.05, 3.63) is 45.4 Å². The highest BCUT2D eigenvalue weighted by Crippen LogP contribution is 2.24. The fraction of sp³-hybridized carbons (Fsp3) is 0.286. The average Bonchev–Trinajstić information content (AvgIpc) is 2.79. The van der Waals surface area contributed by atoms with Crippen LogP contribution in [0.25, 0.3) is 0 Å². The molecule has 1 aromatic carbocycles. The van der Waals surface area contributed by atoms with Crippen molar-refractivity contribution in [3.63, 3.8) is 0 Å². The zero-order valence-electron chi connectivity index (χ0n) is 11.3. The third-order valence-electron chi connectivity index (χ3n) is 2.76. The van der Waals surface area contributed by atoms with E-state index < -0.39 is 6.09 Å². The number of carbonyl (C=O) groups is 1. The van der Waals surface area contributed by atoms with Crippen molar-refractivity contribution in [1.82, 2.24) is 4.37 Å². The molecule has 0 spiro atoms. The van der Waals surface area contributed by atoms with Gasteiger partial charge >= 0.3 is 6.09 Å². The summed E-state index contributed by atoms with van der Waals surface area (Å²) in [6.45, 7) is 4.10. The van der Waals surface area contributed by atoms with Gasteiger partial charge in [-0.25, -0.2) is 4.79 Å². The van der Waals surface area contributed by atoms with Gasteiger partial charge in [-0.15, -0.1) is 0 Å². The highest BCUT2D eigenvalue weighted by atomic mass is 35.5. The summed E-state index contributed by atoms with van der Waals surface area (Å²) >= 11 is 7.19. The maximum atomic E-state index is 11.8. The Labute approximate surface area is 126 Å². The minimum Gasteiger partial charge on any atom is -0.444 e. The highest BCUT2D eigenvalue weighted by Gasteiger charge is 2.13. The highest BCUT2D eigenvalue weighted by molar-refractivity contribution is 7.06. The van der Waals surface area contributed by atoms with Gasteiger partial charge in [0.15, 0.2) is 0 Å². The van der Waals surface area contributed by atoms with Crippen molar-refractivity contribution in [2.24, 2.45) is 0 Å². The lowest BCUT2D eigenvalue weighted by Gasteiger charge is -2.08. The Balaban J connectivity index is 1.92. The standard InChI is InChI=1S/C14H15ClN2O2S/c1-3-12-13(9(2)17-20-12)16-14(18)19-8-10-4-6-11(15)7-5-10/h4-7H,3,8H2,1-2H3,(H,16,18). The third-order valence-corrected chi connectivity index (χ3v) is 4.10. The Kier molecular flexibility index (Phi) is 4.98. The van der Waals surface area contributed by atoms with Crippen molar-refractivity contribution in [3.8, 4) is 0 Å². The molecule has 2 rings (SSSR count). The molecule has 0 fully saturated rings. The van der Waals surface area contributed by atoms with Crippen LogP contribution >= 0.6 is 23.1 Å². The number of anilines is 1. The van der Waals surface area contributed by atoms with E-state index in [1.165, 1.54) is 11.5 Å². The van der Waals surface area contributed by atoms with Crippen LogP contribution in [0, 0.1) is 6.92 Å². The molecule has 0 saturated carbocycles. The molecule has 0 aliphatic heterocycles. The Morgan fingerprint density at radius 2 is 2.10 bits per heavy atom. The molecule has 0 aliphatic carbocycles. The molecule has 4 nitrogen and oxygen atoms in total. The summed E-state index contributed by atoms with van der Waals surface area (Å²) in [5, 5.41) is 3.41. The molecule has 2 aromatic rings. The summed E-state index contributed by atoms with van der Waals surface area (Å²) in [4.78, 5) is 12.8. The number of benzene rings is 1. The van der Waals surface area contributed by atoms with Crippen LogP contribution in [0.1, 0.15) is 23.1 Å². The normalized spacial score (nSPS) is 10.3. The van der Waals surface area contributed by atoms with Gasteiger partial charge in [0.1, 0.15) is 6.61 Å². The number of aromatic nitrogens is 1.